The fourth-order valence-corrected chi connectivity index (χ4v) is 4.73. The lowest BCUT2D eigenvalue weighted by atomic mass is 10.0. The number of aryl methyl sites for hydroxylation is 1. The Morgan fingerprint density at radius 3 is 2.74 bits per heavy atom. The molecule has 1 atom stereocenters. The number of sulfonamides is 1. The van der Waals surface area contributed by atoms with E-state index in [1.807, 2.05) is 12.2 Å². The first-order chi connectivity index (χ1) is 8.90. The normalized spacial score (nSPS) is 19.5. The molecule has 0 bridgehead atoms. The molecule has 2 N–H and O–H groups in total. The molecule has 0 fully saturated rings. The van der Waals surface area contributed by atoms with Crippen molar-refractivity contribution in [1.82, 2.24) is 4.72 Å². The van der Waals surface area contributed by atoms with E-state index >= 15 is 0 Å². The number of rotatable bonds is 4. The zero-order chi connectivity index (χ0) is 14.0. The van der Waals surface area contributed by atoms with Crippen LogP contribution in [-0.4, -0.2) is 25.5 Å². The van der Waals surface area contributed by atoms with Gasteiger partial charge in [-0.25, -0.2) is 17.9 Å². The molecular weight excluding hydrogens is 286 g/mol. The lowest BCUT2D eigenvalue weighted by molar-refractivity contribution is 0.0702. The van der Waals surface area contributed by atoms with Crippen molar-refractivity contribution in [2.45, 2.75) is 37.1 Å². The minimum Gasteiger partial charge on any atom is -0.477 e. The number of carboxylic acids is 1. The molecule has 0 radical (unpaired) electrons. The van der Waals surface area contributed by atoms with Crippen LogP contribution in [0.15, 0.2) is 23.1 Å². The van der Waals surface area contributed by atoms with Gasteiger partial charge in [0, 0.05) is 10.9 Å². The van der Waals surface area contributed by atoms with Crippen LogP contribution in [0.5, 0.6) is 0 Å². The fourth-order valence-electron chi connectivity index (χ4n) is 2.02. The summed E-state index contributed by atoms with van der Waals surface area (Å²) < 4.78 is 27.1. The number of hydrogen-bond donors (Lipinski definition) is 2. The van der Waals surface area contributed by atoms with E-state index in [4.69, 9.17) is 5.11 Å². The van der Waals surface area contributed by atoms with Crippen molar-refractivity contribution in [1.29, 1.82) is 0 Å². The van der Waals surface area contributed by atoms with Gasteiger partial charge >= 0.3 is 5.97 Å². The van der Waals surface area contributed by atoms with E-state index in [1.165, 1.54) is 6.07 Å². The van der Waals surface area contributed by atoms with Crippen LogP contribution in [0.25, 0.3) is 0 Å². The maximum atomic E-state index is 12.2. The van der Waals surface area contributed by atoms with Gasteiger partial charge in [-0.05, 0) is 32.3 Å². The van der Waals surface area contributed by atoms with Gasteiger partial charge in [-0.2, -0.15) is 0 Å². The first-order valence-electron chi connectivity index (χ1n) is 5.91. The summed E-state index contributed by atoms with van der Waals surface area (Å²) in [7, 11) is -3.64. The Balaban J connectivity index is 2.24. The van der Waals surface area contributed by atoms with Gasteiger partial charge in [0.2, 0.25) is 10.0 Å². The molecule has 5 nitrogen and oxygen atoms in total. The summed E-state index contributed by atoms with van der Waals surface area (Å²) >= 11 is 0.979. The Morgan fingerprint density at radius 2 is 2.21 bits per heavy atom. The number of carboxylic acid groups (broad SMARTS) is 1. The molecule has 1 aliphatic carbocycles. The predicted molar refractivity (Wildman–Crippen MR) is 73.1 cm³/mol. The van der Waals surface area contributed by atoms with Crippen LogP contribution in [-0.2, 0) is 10.0 Å². The zero-order valence-electron chi connectivity index (χ0n) is 10.4. The third-order valence-corrected chi connectivity index (χ3v) is 5.78. The Kier molecular flexibility index (Phi) is 4.07. The van der Waals surface area contributed by atoms with Gasteiger partial charge in [0.1, 0.15) is 4.88 Å². The van der Waals surface area contributed by atoms with Crippen molar-refractivity contribution < 1.29 is 18.3 Å². The molecule has 0 spiro atoms. The number of hydrogen-bond acceptors (Lipinski definition) is 4. The lowest BCUT2D eigenvalue weighted by Gasteiger charge is -2.19. The zero-order valence-corrected chi connectivity index (χ0v) is 12.1. The molecule has 1 aromatic rings. The van der Waals surface area contributed by atoms with Gasteiger partial charge in [-0.15, -0.1) is 11.3 Å². The SMILES string of the molecule is Cc1sc(C(=O)O)cc1S(=O)(=O)NC1CC=CCC1. The second-order valence-corrected chi connectivity index (χ2v) is 7.38. The summed E-state index contributed by atoms with van der Waals surface area (Å²) in [5.41, 5.74) is 0. The summed E-state index contributed by atoms with van der Waals surface area (Å²) in [6.45, 7) is 1.62. The molecule has 19 heavy (non-hydrogen) atoms. The maximum absolute atomic E-state index is 12.2. The Hall–Kier alpha value is -1.18. The number of carbonyl (C=O) groups is 1. The van der Waals surface area contributed by atoms with E-state index < -0.39 is 16.0 Å². The van der Waals surface area contributed by atoms with Crippen LogP contribution < -0.4 is 4.72 Å². The van der Waals surface area contributed by atoms with E-state index in [9.17, 15) is 13.2 Å². The summed E-state index contributed by atoms with van der Waals surface area (Å²) in [5.74, 6) is -1.10. The van der Waals surface area contributed by atoms with Gasteiger partial charge in [0.15, 0.2) is 0 Å². The Morgan fingerprint density at radius 1 is 1.47 bits per heavy atom. The van der Waals surface area contributed by atoms with Gasteiger partial charge in [0.25, 0.3) is 0 Å². The van der Waals surface area contributed by atoms with Crippen molar-refractivity contribution in [3.8, 4) is 0 Å². The predicted octanol–water partition coefficient (Wildman–Crippen LogP) is 2.14. The summed E-state index contributed by atoms with van der Waals surface area (Å²) in [5, 5.41) is 8.90. The number of nitrogens with one attached hydrogen (secondary N) is 1. The van der Waals surface area contributed by atoms with Crippen molar-refractivity contribution in [2.24, 2.45) is 0 Å². The van der Waals surface area contributed by atoms with Crippen molar-refractivity contribution in [3.63, 3.8) is 0 Å². The van der Waals surface area contributed by atoms with Crippen LogP contribution in [0.3, 0.4) is 0 Å². The summed E-state index contributed by atoms with van der Waals surface area (Å²) in [4.78, 5) is 11.5. The van der Waals surface area contributed by atoms with Crippen LogP contribution in [0, 0.1) is 6.92 Å². The quantitative estimate of drug-likeness (QED) is 0.835. The molecule has 1 heterocycles. The lowest BCUT2D eigenvalue weighted by Crippen LogP contribution is -2.35. The monoisotopic (exact) mass is 301 g/mol. The minimum absolute atomic E-state index is 0.0430. The number of thiophene rings is 1. The molecule has 0 amide bonds. The van der Waals surface area contributed by atoms with Crippen LogP contribution in [0.4, 0.5) is 0 Å². The van der Waals surface area contributed by atoms with Crippen molar-refractivity contribution >= 4 is 27.3 Å². The highest BCUT2D eigenvalue weighted by molar-refractivity contribution is 7.89. The molecule has 2 rings (SSSR count). The molecule has 0 saturated carbocycles. The fraction of sp³-hybridized carbons (Fsp3) is 0.417. The topological polar surface area (TPSA) is 83.5 Å². The average molecular weight is 301 g/mol. The number of aromatic carboxylic acids is 1. The van der Waals surface area contributed by atoms with Crippen LogP contribution in [0.2, 0.25) is 0 Å². The van der Waals surface area contributed by atoms with E-state index in [0.29, 0.717) is 11.3 Å². The highest BCUT2D eigenvalue weighted by atomic mass is 32.2. The first-order valence-corrected chi connectivity index (χ1v) is 8.21. The standard InChI is InChI=1S/C12H15NO4S2/c1-8-11(7-10(18-8)12(14)15)19(16,17)13-9-5-3-2-4-6-9/h2-3,7,9,13H,4-6H2,1H3,(H,14,15). The molecular formula is C12H15NO4S2. The van der Waals surface area contributed by atoms with Crippen LogP contribution in [0.1, 0.15) is 33.8 Å². The second kappa shape index (κ2) is 5.44. The van der Waals surface area contributed by atoms with Gasteiger partial charge in [0.05, 0.1) is 4.90 Å². The largest absolute Gasteiger partial charge is 0.477 e. The van der Waals surface area contributed by atoms with Gasteiger partial charge in [-0.3, -0.25) is 0 Å². The molecule has 0 aliphatic heterocycles. The van der Waals surface area contributed by atoms with E-state index in [1.54, 1.807) is 6.92 Å². The molecule has 0 saturated heterocycles. The molecule has 0 aromatic carbocycles. The minimum atomic E-state index is -3.64. The summed E-state index contributed by atoms with van der Waals surface area (Å²) in [6, 6.07) is 1.12. The third-order valence-electron chi connectivity index (χ3n) is 2.96. The van der Waals surface area contributed by atoms with Crippen molar-refractivity contribution in [2.75, 3.05) is 0 Å². The molecule has 1 aliphatic rings. The third kappa shape index (κ3) is 3.23. The second-order valence-electron chi connectivity index (χ2n) is 4.44. The van der Waals surface area contributed by atoms with Gasteiger partial charge in [-0.1, -0.05) is 12.2 Å². The molecule has 7 heteroatoms. The number of allylic oxidation sites excluding steroid dienone is 1. The highest BCUT2D eigenvalue weighted by Crippen LogP contribution is 2.26. The van der Waals surface area contributed by atoms with Crippen molar-refractivity contribution in [3.05, 3.63) is 28.0 Å². The first kappa shape index (κ1) is 14.2. The smallest absolute Gasteiger partial charge is 0.345 e. The Bertz CT molecular complexity index is 616. The van der Waals surface area contributed by atoms with E-state index in [-0.39, 0.29) is 15.8 Å². The molecule has 104 valence electrons. The average Bonchev–Trinajstić information content (AvgIpc) is 2.73. The highest BCUT2D eigenvalue weighted by Gasteiger charge is 2.25. The Labute approximate surface area is 116 Å². The summed E-state index contributed by atoms with van der Waals surface area (Å²) in [6.07, 6.45) is 6.29. The molecule has 1 aromatic heterocycles. The van der Waals surface area contributed by atoms with Crippen LogP contribution >= 0.6 is 11.3 Å². The van der Waals surface area contributed by atoms with Gasteiger partial charge < -0.3 is 5.11 Å². The molecule has 1 unspecified atom stereocenters. The van der Waals surface area contributed by atoms with E-state index in [0.717, 1.165) is 24.2 Å². The maximum Gasteiger partial charge on any atom is 0.345 e. The van der Waals surface area contributed by atoms with E-state index in [2.05, 4.69) is 4.72 Å².